The van der Waals surface area contributed by atoms with Crippen LogP contribution in [0.4, 0.5) is 4.79 Å². The van der Waals surface area contributed by atoms with Gasteiger partial charge in [0.05, 0.1) is 6.54 Å². The lowest BCUT2D eigenvalue weighted by Crippen LogP contribution is -2.42. The van der Waals surface area contributed by atoms with Gasteiger partial charge in [-0.05, 0) is 24.9 Å². The van der Waals surface area contributed by atoms with E-state index in [1.54, 1.807) is 11.8 Å². The first kappa shape index (κ1) is 16.1. The van der Waals surface area contributed by atoms with Gasteiger partial charge in [-0.15, -0.1) is 0 Å². The molecule has 1 unspecified atom stereocenters. The Morgan fingerprint density at radius 1 is 1.24 bits per heavy atom. The molecular weight excluding hydrogens is 244 g/mol. The van der Waals surface area contributed by atoms with E-state index >= 15 is 0 Å². The Labute approximate surface area is 105 Å². The number of carbonyl (C=O) groups excluding carboxylic acids is 1. The number of nitrogens with one attached hydrogen (secondary N) is 2. The van der Waals surface area contributed by atoms with Gasteiger partial charge in [0.15, 0.2) is 6.10 Å². The highest BCUT2D eigenvalue weighted by Gasteiger charge is 2.13. The van der Waals surface area contributed by atoms with Crippen molar-refractivity contribution in [1.29, 1.82) is 0 Å². The molecule has 2 amide bonds. The highest BCUT2D eigenvalue weighted by Crippen LogP contribution is 2.00. The van der Waals surface area contributed by atoms with E-state index in [4.69, 9.17) is 10.2 Å². The van der Waals surface area contributed by atoms with Gasteiger partial charge in [0, 0.05) is 6.54 Å². The standard InChI is InChI=1S/C10H20N2O4S/c1-17-6-4-2-3-5-11-10(16)12-7-8(13)9(14)15/h8,13H,2-7H2,1H3,(H,14,15)(H2,11,12,16). The largest absolute Gasteiger partial charge is 0.479 e. The Hall–Kier alpha value is -0.950. The van der Waals surface area contributed by atoms with Gasteiger partial charge in [0.1, 0.15) is 0 Å². The van der Waals surface area contributed by atoms with Crippen LogP contribution in [-0.4, -0.2) is 53.4 Å². The van der Waals surface area contributed by atoms with Gasteiger partial charge < -0.3 is 20.8 Å². The molecule has 17 heavy (non-hydrogen) atoms. The van der Waals surface area contributed by atoms with Crippen molar-refractivity contribution >= 4 is 23.8 Å². The van der Waals surface area contributed by atoms with Crippen molar-refractivity contribution in [3.05, 3.63) is 0 Å². The zero-order chi connectivity index (χ0) is 13.1. The average Bonchev–Trinajstić information content (AvgIpc) is 2.30. The molecule has 0 fully saturated rings. The maximum Gasteiger partial charge on any atom is 0.334 e. The summed E-state index contributed by atoms with van der Waals surface area (Å²) >= 11 is 1.80. The number of aliphatic carboxylic acids is 1. The Morgan fingerprint density at radius 3 is 2.53 bits per heavy atom. The van der Waals surface area contributed by atoms with Crippen LogP contribution in [0.2, 0.25) is 0 Å². The molecule has 1 atom stereocenters. The predicted octanol–water partition coefficient (Wildman–Crippen LogP) is 0.264. The van der Waals surface area contributed by atoms with E-state index in [9.17, 15) is 9.59 Å². The summed E-state index contributed by atoms with van der Waals surface area (Å²) in [5, 5.41) is 22.1. The second-order valence-corrected chi connectivity index (χ2v) is 4.53. The van der Waals surface area contributed by atoms with Crippen molar-refractivity contribution in [2.24, 2.45) is 0 Å². The molecule has 0 aliphatic carbocycles. The summed E-state index contributed by atoms with van der Waals surface area (Å²) in [4.78, 5) is 21.4. The molecule has 0 rings (SSSR count). The summed E-state index contributed by atoms with van der Waals surface area (Å²) in [5.74, 6) is -0.223. The monoisotopic (exact) mass is 264 g/mol. The fraction of sp³-hybridized carbons (Fsp3) is 0.800. The quantitative estimate of drug-likeness (QED) is 0.448. The molecule has 0 saturated heterocycles. The van der Waals surface area contributed by atoms with Gasteiger partial charge in [0.25, 0.3) is 0 Å². The number of aliphatic hydroxyl groups excluding tert-OH is 1. The number of hydrogen-bond donors (Lipinski definition) is 4. The number of rotatable bonds is 9. The maximum atomic E-state index is 11.1. The third kappa shape index (κ3) is 9.95. The summed E-state index contributed by atoms with van der Waals surface area (Å²) in [6.07, 6.45) is 3.58. The summed E-state index contributed by atoms with van der Waals surface area (Å²) < 4.78 is 0. The van der Waals surface area contributed by atoms with E-state index in [1.807, 2.05) is 0 Å². The van der Waals surface area contributed by atoms with Crippen LogP contribution in [0.1, 0.15) is 19.3 Å². The van der Waals surface area contributed by atoms with Crippen molar-refractivity contribution in [2.45, 2.75) is 25.4 Å². The SMILES string of the molecule is CSCCCCCNC(=O)NCC(O)C(=O)O. The average molecular weight is 264 g/mol. The van der Waals surface area contributed by atoms with Crippen LogP contribution in [0.5, 0.6) is 0 Å². The molecule has 0 aromatic rings. The molecule has 0 aromatic heterocycles. The van der Waals surface area contributed by atoms with Gasteiger partial charge in [-0.2, -0.15) is 11.8 Å². The van der Waals surface area contributed by atoms with E-state index < -0.39 is 18.1 Å². The van der Waals surface area contributed by atoms with Gasteiger partial charge >= 0.3 is 12.0 Å². The number of urea groups is 1. The zero-order valence-corrected chi connectivity index (χ0v) is 10.8. The summed E-state index contributed by atoms with van der Waals surface area (Å²) in [6, 6.07) is -0.449. The second-order valence-electron chi connectivity index (χ2n) is 3.54. The van der Waals surface area contributed by atoms with E-state index in [-0.39, 0.29) is 6.54 Å². The molecule has 0 bridgehead atoms. The number of thioether (sulfide) groups is 1. The number of carboxylic acids is 1. The van der Waals surface area contributed by atoms with Crippen LogP contribution in [0, 0.1) is 0 Å². The van der Waals surface area contributed by atoms with E-state index in [0.29, 0.717) is 6.54 Å². The summed E-state index contributed by atoms with van der Waals surface area (Å²) in [5.41, 5.74) is 0. The predicted molar refractivity (Wildman–Crippen MR) is 67.3 cm³/mol. The summed E-state index contributed by atoms with van der Waals surface area (Å²) in [6.45, 7) is 0.275. The fourth-order valence-electron chi connectivity index (χ4n) is 1.09. The highest BCUT2D eigenvalue weighted by atomic mass is 32.2. The van der Waals surface area contributed by atoms with Crippen LogP contribution >= 0.6 is 11.8 Å². The maximum absolute atomic E-state index is 11.1. The molecule has 0 aliphatic heterocycles. The van der Waals surface area contributed by atoms with Crippen LogP contribution < -0.4 is 10.6 Å². The van der Waals surface area contributed by atoms with E-state index in [1.165, 1.54) is 0 Å². The van der Waals surface area contributed by atoms with Crippen molar-refractivity contribution in [1.82, 2.24) is 10.6 Å². The van der Waals surface area contributed by atoms with E-state index in [2.05, 4.69) is 16.9 Å². The molecule has 7 heteroatoms. The lowest BCUT2D eigenvalue weighted by atomic mass is 10.2. The third-order valence-corrected chi connectivity index (χ3v) is 2.75. The topological polar surface area (TPSA) is 98.7 Å². The third-order valence-electron chi connectivity index (χ3n) is 2.05. The van der Waals surface area contributed by atoms with Crippen molar-refractivity contribution in [3.63, 3.8) is 0 Å². The lowest BCUT2D eigenvalue weighted by molar-refractivity contribution is -0.146. The molecule has 0 heterocycles. The Balaban J connectivity index is 3.38. The molecule has 0 radical (unpaired) electrons. The first-order valence-corrected chi connectivity index (χ1v) is 6.88. The number of hydrogen-bond acceptors (Lipinski definition) is 4. The van der Waals surface area contributed by atoms with Crippen molar-refractivity contribution in [2.75, 3.05) is 25.1 Å². The first-order chi connectivity index (χ1) is 8.07. The first-order valence-electron chi connectivity index (χ1n) is 5.49. The zero-order valence-electron chi connectivity index (χ0n) is 9.94. The number of carboxylic acid groups (broad SMARTS) is 1. The molecule has 0 aliphatic rings. The Bertz CT molecular complexity index is 238. The highest BCUT2D eigenvalue weighted by molar-refractivity contribution is 7.98. The molecule has 6 nitrogen and oxygen atoms in total. The molecule has 0 aromatic carbocycles. The number of unbranched alkanes of at least 4 members (excludes halogenated alkanes) is 2. The minimum atomic E-state index is -1.55. The van der Waals surface area contributed by atoms with Crippen LogP contribution in [0.15, 0.2) is 0 Å². The van der Waals surface area contributed by atoms with Crippen LogP contribution in [-0.2, 0) is 4.79 Å². The van der Waals surface area contributed by atoms with Crippen LogP contribution in [0.3, 0.4) is 0 Å². The van der Waals surface area contributed by atoms with E-state index in [0.717, 1.165) is 25.0 Å². The summed E-state index contributed by atoms with van der Waals surface area (Å²) in [7, 11) is 0. The molecule has 4 N–H and O–H groups in total. The Morgan fingerprint density at radius 2 is 1.94 bits per heavy atom. The van der Waals surface area contributed by atoms with Crippen LogP contribution in [0.25, 0.3) is 0 Å². The molecule has 0 spiro atoms. The number of amides is 2. The minimum absolute atomic E-state index is 0.284. The van der Waals surface area contributed by atoms with Gasteiger partial charge in [-0.25, -0.2) is 9.59 Å². The second kappa shape index (κ2) is 10.2. The molecule has 100 valence electrons. The minimum Gasteiger partial charge on any atom is -0.479 e. The number of aliphatic hydroxyl groups is 1. The smallest absolute Gasteiger partial charge is 0.334 e. The normalized spacial score (nSPS) is 11.9. The van der Waals surface area contributed by atoms with Gasteiger partial charge in [-0.3, -0.25) is 0 Å². The van der Waals surface area contributed by atoms with Gasteiger partial charge in [-0.1, -0.05) is 6.42 Å². The van der Waals surface area contributed by atoms with Crippen molar-refractivity contribution < 1.29 is 19.8 Å². The Kier molecular flexibility index (Phi) is 9.65. The number of carbonyl (C=O) groups is 2. The van der Waals surface area contributed by atoms with Crippen molar-refractivity contribution in [3.8, 4) is 0 Å². The lowest BCUT2D eigenvalue weighted by Gasteiger charge is -2.09. The molecule has 0 saturated carbocycles. The fourth-order valence-corrected chi connectivity index (χ4v) is 1.58. The molecular formula is C10H20N2O4S. The van der Waals surface area contributed by atoms with Gasteiger partial charge in [0.2, 0.25) is 0 Å².